The van der Waals surface area contributed by atoms with Crippen molar-refractivity contribution in [1.82, 2.24) is 15.4 Å². The van der Waals surface area contributed by atoms with Crippen LogP contribution < -0.4 is 5.48 Å². The average Bonchev–Trinajstić information content (AvgIpc) is 2.42. The van der Waals surface area contributed by atoms with Gasteiger partial charge >= 0.3 is 0 Å². The van der Waals surface area contributed by atoms with E-state index in [4.69, 9.17) is 28.4 Å². The molecule has 0 spiro atoms. The van der Waals surface area contributed by atoms with Crippen molar-refractivity contribution in [2.24, 2.45) is 0 Å². The third-order valence-electron chi connectivity index (χ3n) is 2.50. The van der Waals surface area contributed by atoms with Crippen LogP contribution in [0.2, 0.25) is 10.0 Å². The summed E-state index contributed by atoms with van der Waals surface area (Å²) in [6.45, 7) is 1.74. The van der Waals surface area contributed by atoms with Gasteiger partial charge in [0.2, 0.25) is 0 Å². The van der Waals surface area contributed by atoms with Crippen LogP contribution in [-0.4, -0.2) is 21.1 Å². The lowest BCUT2D eigenvalue weighted by atomic mass is 10.1. The Morgan fingerprint density at radius 2 is 2.11 bits per heavy atom. The normalized spacial score (nSPS) is 10.3. The fourth-order valence-electron chi connectivity index (χ4n) is 1.56. The molecule has 0 saturated carbocycles. The number of carbonyl (C=O) groups is 1. The van der Waals surface area contributed by atoms with Crippen molar-refractivity contribution in [2.45, 2.75) is 6.92 Å². The maximum atomic E-state index is 11.3. The van der Waals surface area contributed by atoms with Gasteiger partial charge in [0.25, 0.3) is 5.91 Å². The minimum absolute atomic E-state index is 0.0147. The van der Waals surface area contributed by atoms with E-state index >= 15 is 0 Å². The number of hydroxylamine groups is 1. The van der Waals surface area contributed by atoms with Gasteiger partial charge < -0.3 is 0 Å². The van der Waals surface area contributed by atoms with Gasteiger partial charge in [-0.25, -0.2) is 10.5 Å². The summed E-state index contributed by atoms with van der Waals surface area (Å²) in [7, 11) is 0. The zero-order valence-corrected chi connectivity index (χ0v) is 11.3. The van der Waals surface area contributed by atoms with E-state index in [0.717, 1.165) is 0 Å². The molecule has 0 unspecified atom stereocenters. The van der Waals surface area contributed by atoms with E-state index in [9.17, 15) is 4.79 Å². The van der Waals surface area contributed by atoms with E-state index in [0.29, 0.717) is 27.0 Å². The van der Waals surface area contributed by atoms with Gasteiger partial charge in [0.15, 0.2) is 0 Å². The number of hydrogen-bond acceptors (Lipinski definition) is 4. The van der Waals surface area contributed by atoms with Gasteiger partial charge in [0, 0.05) is 5.56 Å². The molecule has 7 heteroatoms. The van der Waals surface area contributed by atoms with Crippen LogP contribution in [0, 0.1) is 6.92 Å². The Bertz CT molecular complexity index is 647. The van der Waals surface area contributed by atoms with Crippen LogP contribution in [0.1, 0.15) is 16.2 Å². The van der Waals surface area contributed by atoms with Gasteiger partial charge in [-0.3, -0.25) is 15.0 Å². The highest BCUT2D eigenvalue weighted by Gasteiger charge is 2.15. The highest BCUT2D eigenvalue weighted by atomic mass is 35.5. The minimum Gasteiger partial charge on any atom is -0.288 e. The molecule has 0 saturated heterocycles. The highest BCUT2D eigenvalue weighted by molar-refractivity contribution is 6.43. The van der Waals surface area contributed by atoms with Gasteiger partial charge in [-0.15, -0.1) is 0 Å². The number of nitrogens with zero attached hydrogens (tertiary/aromatic N) is 2. The van der Waals surface area contributed by atoms with E-state index in [2.05, 4.69) is 9.97 Å². The van der Waals surface area contributed by atoms with Crippen molar-refractivity contribution in [3.8, 4) is 11.3 Å². The summed E-state index contributed by atoms with van der Waals surface area (Å²) in [6.07, 6.45) is 1.27. The van der Waals surface area contributed by atoms with Crippen molar-refractivity contribution in [2.75, 3.05) is 0 Å². The molecule has 0 fully saturated rings. The zero-order valence-electron chi connectivity index (χ0n) is 9.82. The predicted octanol–water partition coefficient (Wildman–Crippen LogP) is 2.88. The molecule has 0 bridgehead atoms. The minimum atomic E-state index is -0.744. The topological polar surface area (TPSA) is 75.1 Å². The molecule has 98 valence electrons. The monoisotopic (exact) mass is 297 g/mol. The summed E-state index contributed by atoms with van der Waals surface area (Å²) >= 11 is 12.1. The molecule has 2 rings (SSSR count). The SMILES string of the molecule is Cc1ncc(C(=O)NO)nc1-c1cccc(Cl)c1Cl. The number of nitrogens with one attached hydrogen (secondary N) is 1. The standard InChI is InChI=1S/C12H9Cl2N3O2/c1-6-11(7-3-2-4-8(13)10(7)14)16-9(5-15-6)12(18)17-19/h2-5,19H,1H3,(H,17,18). The molecule has 1 heterocycles. The molecule has 1 aromatic heterocycles. The smallest absolute Gasteiger partial charge is 0.288 e. The van der Waals surface area contributed by atoms with Crippen LogP contribution in [0.4, 0.5) is 0 Å². The van der Waals surface area contributed by atoms with Crippen molar-refractivity contribution in [3.63, 3.8) is 0 Å². The lowest BCUT2D eigenvalue weighted by molar-refractivity contribution is 0.0700. The second-order valence-electron chi connectivity index (χ2n) is 3.73. The molecule has 1 amide bonds. The molecule has 0 atom stereocenters. The number of benzene rings is 1. The third kappa shape index (κ3) is 2.68. The Hall–Kier alpha value is -1.69. The molecule has 19 heavy (non-hydrogen) atoms. The number of carbonyl (C=O) groups excluding carboxylic acids is 1. The largest absolute Gasteiger partial charge is 0.294 e. The van der Waals surface area contributed by atoms with Gasteiger partial charge in [-0.2, -0.15) is 0 Å². The summed E-state index contributed by atoms with van der Waals surface area (Å²) in [6, 6.07) is 5.11. The predicted molar refractivity (Wildman–Crippen MR) is 71.5 cm³/mol. The number of rotatable bonds is 2. The third-order valence-corrected chi connectivity index (χ3v) is 3.32. The molecule has 0 aliphatic heterocycles. The summed E-state index contributed by atoms with van der Waals surface area (Å²) in [5.41, 5.74) is 3.10. The molecule has 0 aliphatic carbocycles. The average molecular weight is 298 g/mol. The van der Waals surface area contributed by atoms with Crippen molar-refractivity contribution < 1.29 is 10.0 Å². The molecular formula is C12H9Cl2N3O2. The number of hydrogen-bond donors (Lipinski definition) is 2. The maximum absolute atomic E-state index is 11.3. The van der Waals surface area contributed by atoms with Crippen LogP contribution >= 0.6 is 23.2 Å². The van der Waals surface area contributed by atoms with E-state index in [1.165, 1.54) is 11.7 Å². The molecule has 1 aromatic carbocycles. The summed E-state index contributed by atoms with van der Waals surface area (Å²) in [5, 5.41) is 9.33. The Kier molecular flexibility index (Phi) is 3.99. The van der Waals surface area contributed by atoms with Crippen LogP contribution in [0.25, 0.3) is 11.3 Å². The first-order valence-corrected chi connectivity index (χ1v) is 6.02. The molecule has 5 nitrogen and oxygen atoms in total. The van der Waals surface area contributed by atoms with Gasteiger partial charge in [0.05, 0.1) is 27.6 Å². The van der Waals surface area contributed by atoms with Gasteiger partial charge in [-0.05, 0) is 13.0 Å². The van der Waals surface area contributed by atoms with Gasteiger partial charge in [0.1, 0.15) is 5.69 Å². The molecule has 2 N–H and O–H groups in total. The Labute approximate surface area is 119 Å². The second kappa shape index (κ2) is 5.52. The van der Waals surface area contributed by atoms with Crippen molar-refractivity contribution in [1.29, 1.82) is 0 Å². The fourth-order valence-corrected chi connectivity index (χ4v) is 1.95. The number of amides is 1. The van der Waals surface area contributed by atoms with E-state index in [1.807, 2.05) is 0 Å². The Balaban J connectivity index is 2.61. The number of halogens is 2. The first-order valence-electron chi connectivity index (χ1n) is 5.27. The van der Waals surface area contributed by atoms with Crippen LogP contribution in [0.3, 0.4) is 0 Å². The number of aryl methyl sites for hydroxylation is 1. The maximum Gasteiger partial charge on any atom is 0.294 e. The Morgan fingerprint density at radius 3 is 2.79 bits per heavy atom. The summed E-state index contributed by atoms with van der Waals surface area (Å²) in [4.78, 5) is 19.5. The van der Waals surface area contributed by atoms with Crippen LogP contribution in [-0.2, 0) is 0 Å². The first kappa shape index (κ1) is 13.7. The lowest BCUT2D eigenvalue weighted by Crippen LogP contribution is -2.20. The van der Waals surface area contributed by atoms with E-state index in [-0.39, 0.29) is 5.69 Å². The quantitative estimate of drug-likeness (QED) is 0.660. The zero-order chi connectivity index (χ0) is 14.0. The second-order valence-corrected chi connectivity index (χ2v) is 4.52. The van der Waals surface area contributed by atoms with Crippen LogP contribution in [0.15, 0.2) is 24.4 Å². The molecule has 0 aliphatic rings. The fraction of sp³-hybridized carbons (Fsp3) is 0.0833. The van der Waals surface area contributed by atoms with Crippen molar-refractivity contribution in [3.05, 3.63) is 45.8 Å². The summed E-state index contributed by atoms with van der Waals surface area (Å²) < 4.78 is 0. The van der Waals surface area contributed by atoms with Crippen molar-refractivity contribution >= 4 is 29.1 Å². The van der Waals surface area contributed by atoms with E-state index < -0.39 is 5.91 Å². The van der Waals surface area contributed by atoms with Gasteiger partial charge in [-0.1, -0.05) is 35.3 Å². The van der Waals surface area contributed by atoms with Crippen LogP contribution in [0.5, 0.6) is 0 Å². The Morgan fingerprint density at radius 1 is 1.37 bits per heavy atom. The lowest BCUT2D eigenvalue weighted by Gasteiger charge is -2.09. The highest BCUT2D eigenvalue weighted by Crippen LogP contribution is 2.33. The summed E-state index contributed by atoms with van der Waals surface area (Å²) in [5.74, 6) is -0.744. The molecular weight excluding hydrogens is 289 g/mol. The number of aromatic nitrogens is 2. The van der Waals surface area contributed by atoms with E-state index in [1.54, 1.807) is 25.1 Å². The molecule has 0 radical (unpaired) electrons. The first-order chi connectivity index (χ1) is 9.04. The molecule has 2 aromatic rings.